The molecule has 2 N–H and O–H groups in total. The van der Waals surface area contributed by atoms with Gasteiger partial charge in [-0.1, -0.05) is 13.0 Å². The Labute approximate surface area is 139 Å². The molecule has 128 valence electrons. The summed E-state index contributed by atoms with van der Waals surface area (Å²) in [5.41, 5.74) is 0. The topological polar surface area (TPSA) is 52.8 Å². The Morgan fingerprint density at radius 3 is 2.96 bits per heavy atom. The van der Waals surface area contributed by atoms with Gasteiger partial charge in [0.15, 0.2) is 5.96 Å². The van der Waals surface area contributed by atoms with Gasteiger partial charge >= 0.3 is 0 Å². The van der Waals surface area contributed by atoms with E-state index in [0.717, 1.165) is 31.2 Å². The molecule has 5 heteroatoms. The van der Waals surface area contributed by atoms with Gasteiger partial charge in [0.2, 0.25) is 0 Å². The molecule has 2 unspecified atom stereocenters. The van der Waals surface area contributed by atoms with Crippen LogP contribution in [0.3, 0.4) is 0 Å². The van der Waals surface area contributed by atoms with E-state index < -0.39 is 0 Å². The number of guanidine groups is 1. The van der Waals surface area contributed by atoms with E-state index >= 15 is 0 Å². The van der Waals surface area contributed by atoms with Crippen LogP contribution >= 0.6 is 0 Å². The largest absolute Gasteiger partial charge is 0.469 e. The first kappa shape index (κ1) is 17.6. The summed E-state index contributed by atoms with van der Waals surface area (Å²) in [5, 5.41) is 6.90. The maximum Gasteiger partial charge on any atom is 0.191 e. The summed E-state index contributed by atoms with van der Waals surface area (Å²) < 4.78 is 5.35. The predicted octanol–water partition coefficient (Wildman–Crippen LogP) is 2.27. The van der Waals surface area contributed by atoms with Crippen LogP contribution in [0.4, 0.5) is 0 Å². The Morgan fingerprint density at radius 2 is 2.35 bits per heavy atom. The number of likely N-dealkylation sites (tertiary alicyclic amines) is 1. The SMILES string of the molecule is C=CCNC(=NCCc1ccco1)NC1CN(C(C)C)CC1C. The van der Waals surface area contributed by atoms with Crippen molar-refractivity contribution in [2.45, 2.75) is 39.3 Å². The van der Waals surface area contributed by atoms with Crippen molar-refractivity contribution >= 4 is 5.96 Å². The van der Waals surface area contributed by atoms with E-state index in [2.05, 4.69) is 47.9 Å². The summed E-state index contributed by atoms with van der Waals surface area (Å²) in [7, 11) is 0. The Kier molecular flexibility index (Phi) is 6.71. The Hall–Kier alpha value is -1.75. The lowest BCUT2D eigenvalue weighted by molar-refractivity contribution is 0.265. The van der Waals surface area contributed by atoms with E-state index in [1.165, 1.54) is 0 Å². The molecular weight excluding hydrogens is 288 g/mol. The van der Waals surface area contributed by atoms with Crippen LogP contribution in [0, 0.1) is 5.92 Å². The van der Waals surface area contributed by atoms with Gasteiger partial charge in [-0.15, -0.1) is 6.58 Å². The van der Waals surface area contributed by atoms with E-state index in [9.17, 15) is 0 Å². The molecule has 2 atom stereocenters. The zero-order valence-corrected chi connectivity index (χ0v) is 14.6. The quantitative estimate of drug-likeness (QED) is 0.460. The summed E-state index contributed by atoms with van der Waals surface area (Å²) in [6.07, 6.45) is 4.36. The number of hydrogen-bond donors (Lipinski definition) is 2. The molecule has 23 heavy (non-hydrogen) atoms. The first-order valence-electron chi connectivity index (χ1n) is 8.52. The zero-order valence-electron chi connectivity index (χ0n) is 14.6. The molecule has 5 nitrogen and oxygen atoms in total. The average molecular weight is 318 g/mol. The Morgan fingerprint density at radius 1 is 1.52 bits per heavy atom. The van der Waals surface area contributed by atoms with Crippen LogP contribution in [0.5, 0.6) is 0 Å². The maximum absolute atomic E-state index is 5.35. The molecule has 1 saturated heterocycles. The zero-order chi connectivity index (χ0) is 16.7. The number of rotatable bonds is 7. The fourth-order valence-corrected chi connectivity index (χ4v) is 2.84. The fourth-order valence-electron chi connectivity index (χ4n) is 2.84. The van der Waals surface area contributed by atoms with Crippen LogP contribution in [-0.2, 0) is 6.42 Å². The molecule has 1 aromatic rings. The smallest absolute Gasteiger partial charge is 0.191 e. The molecule has 1 fully saturated rings. The first-order valence-corrected chi connectivity index (χ1v) is 8.52. The highest BCUT2D eigenvalue weighted by atomic mass is 16.3. The van der Waals surface area contributed by atoms with Crippen molar-refractivity contribution in [1.82, 2.24) is 15.5 Å². The van der Waals surface area contributed by atoms with Gasteiger partial charge in [-0.25, -0.2) is 0 Å². The lowest BCUT2D eigenvalue weighted by atomic mass is 10.1. The van der Waals surface area contributed by atoms with Crippen molar-refractivity contribution in [2.24, 2.45) is 10.9 Å². The van der Waals surface area contributed by atoms with E-state index in [4.69, 9.17) is 4.42 Å². The van der Waals surface area contributed by atoms with Gasteiger partial charge in [0.05, 0.1) is 6.26 Å². The number of nitrogens with one attached hydrogen (secondary N) is 2. The van der Waals surface area contributed by atoms with Gasteiger partial charge < -0.3 is 15.1 Å². The molecule has 0 radical (unpaired) electrons. The molecule has 0 bridgehead atoms. The van der Waals surface area contributed by atoms with E-state index in [-0.39, 0.29) is 0 Å². The van der Waals surface area contributed by atoms with E-state index in [1.807, 2.05) is 18.2 Å². The van der Waals surface area contributed by atoms with Gasteiger partial charge in [0, 0.05) is 44.7 Å². The van der Waals surface area contributed by atoms with Crippen LogP contribution in [0.15, 0.2) is 40.5 Å². The monoisotopic (exact) mass is 318 g/mol. The normalized spacial score (nSPS) is 22.5. The molecule has 2 heterocycles. The predicted molar refractivity (Wildman–Crippen MR) is 95.7 cm³/mol. The summed E-state index contributed by atoms with van der Waals surface area (Å²) >= 11 is 0. The Bertz CT molecular complexity index is 495. The third kappa shape index (κ3) is 5.43. The summed E-state index contributed by atoms with van der Waals surface area (Å²) in [6.45, 7) is 14.2. The summed E-state index contributed by atoms with van der Waals surface area (Å²) in [4.78, 5) is 7.18. The van der Waals surface area contributed by atoms with Crippen molar-refractivity contribution in [3.8, 4) is 0 Å². The third-order valence-electron chi connectivity index (χ3n) is 4.32. The molecule has 2 rings (SSSR count). The highest BCUT2D eigenvalue weighted by Gasteiger charge is 2.31. The molecule has 1 aromatic heterocycles. The van der Waals surface area contributed by atoms with E-state index in [0.29, 0.717) is 31.1 Å². The van der Waals surface area contributed by atoms with Crippen molar-refractivity contribution in [1.29, 1.82) is 0 Å². The Balaban J connectivity index is 1.90. The molecule has 0 aromatic carbocycles. The lowest BCUT2D eigenvalue weighted by Crippen LogP contribution is -2.47. The molecular formula is C18H30N4O. The highest BCUT2D eigenvalue weighted by Crippen LogP contribution is 2.18. The van der Waals surface area contributed by atoms with Crippen molar-refractivity contribution in [2.75, 3.05) is 26.2 Å². The van der Waals surface area contributed by atoms with E-state index in [1.54, 1.807) is 6.26 Å². The van der Waals surface area contributed by atoms with Crippen LogP contribution in [0.2, 0.25) is 0 Å². The fraction of sp³-hybridized carbons (Fsp3) is 0.611. The maximum atomic E-state index is 5.35. The first-order chi connectivity index (χ1) is 11.1. The highest BCUT2D eigenvalue weighted by molar-refractivity contribution is 5.80. The van der Waals surface area contributed by atoms with Crippen molar-refractivity contribution in [3.63, 3.8) is 0 Å². The molecule has 0 saturated carbocycles. The number of nitrogens with zero attached hydrogens (tertiary/aromatic N) is 2. The van der Waals surface area contributed by atoms with Crippen LogP contribution < -0.4 is 10.6 Å². The molecule has 0 spiro atoms. The third-order valence-corrected chi connectivity index (χ3v) is 4.32. The molecule has 0 amide bonds. The standard InChI is InChI=1S/C18H30N4O/c1-5-9-19-18(20-10-8-16-7-6-11-23-16)21-17-13-22(14(2)3)12-15(17)4/h5-7,11,14-15,17H,1,8-10,12-13H2,2-4H3,(H2,19,20,21). The minimum Gasteiger partial charge on any atom is -0.469 e. The summed E-state index contributed by atoms with van der Waals surface area (Å²) in [5.74, 6) is 2.44. The number of hydrogen-bond acceptors (Lipinski definition) is 3. The second kappa shape index (κ2) is 8.77. The van der Waals surface area contributed by atoms with Gasteiger partial charge in [-0.05, 0) is 31.9 Å². The van der Waals surface area contributed by atoms with Gasteiger partial charge in [-0.2, -0.15) is 0 Å². The lowest BCUT2D eigenvalue weighted by Gasteiger charge is -2.22. The average Bonchev–Trinajstić information content (AvgIpc) is 3.15. The summed E-state index contributed by atoms with van der Waals surface area (Å²) in [6, 6.07) is 4.91. The molecule has 0 aliphatic carbocycles. The van der Waals surface area contributed by atoms with Crippen LogP contribution in [0.25, 0.3) is 0 Å². The second-order valence-corrected chi connectivity index (χ2v) is 6.51. The molecule has 1 aliphatic rings. The van der Waals surface area contributed by atoms with Gasteiger partial charge in [-0.3, -0.25) is 9.89 Å². The van der Waals surface area contributed by atoms with Crippen LogP contribution in [-0.4, -0.2) is 49.1 Å². The minimum atomic E-state index is 0.428. The van der Waals surface area contributed by atoms with Crippen molar-refractivity contribution in [3.05, 3.63) is 36.8 Å². The van der Waals surface area contributed by atoms with Gasteiger partial charge in [0.1, 0.15) is 5.76 Å². The van der Waals surface area contributed by atoms with Crippen molar-refractivity contribution < 1.29 is 4.42 Å². The number of aliphatic imine (C=N–C) groups is 1. The molecule has 1 aliphatic heterocycles. The van der Waals surface area contributed by atoms with Gasteiger partial charge in [0.25, 0.3) is 0 Å². The van der Waals surface area contributed by atoms with Crippen LogP contribution in [0.1, 0.15) is 26.5 Å². The minimum absolute atomic E-state index is 0.428. The number of furan rings is 1. The second-order valence-electron chi connectivity index (χ2n) is 6.51.